The number of hydrogen-bond acceptors (Lipinski definition) is 11. The number of fused-ring (bicyclic) bond motifs is 1. The van der Waals surface area contributed by atoms with Gasteiger partial charge >= 0.3 is 0 Å². The average molecular weight is 803 g/mol. The minimum absolute atomic E-state index is 0.0614. The number of carbonyl (C=O) groups is 3. The van der Waals surface area contributed by atoms with Gasteiger partial charge in [0.25, 0.3) is 11.8 Å². The molecule has 1 aromatic heterocycles. The van der Waals surface area contributed by atoms with Gasteiger partial charge in [-0.25, -0.2) is 8.42 Å². The van der Waals surface area contributed by atoms with E-state index < -0.39 is 27.8 Å². The normalized spacial score (nSPS) is 11.8. The van der Waals surface area contributed by atoms with Gasteiger partial charge in [-0.2, -0.15) is 0 Å². The summed E-state index contributed by atoms with van der Waals surface area (Å²) in [6.07, 6.45) is 2.47. The van der Waals surface area contributed by atoms with Gasteiger partial charge in [0.15, 0.2) is 0 Å². The molecule has 58 heavy (non-hydrogen) atoms. The number of methoxy groups -OCH3 is 1. The number of nitrogens with zero attached hydrogens (tertiary/aromatic N) is 1. The Hall–Kier alpha value is -6.81. The summed E-state index contributed by atoms with van der Waals surface area (Å²) in [6, 6.07) is 27.6. The molecule has 0 unspecified atom stereocenters. The number of aliphatic hydroxyl groups is 1. The first-order valence-corrected chi connectivity index (χ1v) is 19.7. The van der Waals surface area contributed by atoms with Crippen molar-refractivity contribution >= 4 is 61.7 Å². The van der Waals surface area contributed by atoms with E-state index in [0.717, 1.165) is 18.4 Å². The minimum Gasteiger partial charge on any atom is -0.506 e. The van der Waals surface area contributed by atoms with Crippen molar-refractivity contribution < 1.29 is 37.8 Å². The van der Waals surface area contributed by atoms with Crippen LogP contribution in [0.1, 0.15) is 49.9 Å². The number of aliphatic hydroxyl groups excluding tert-OH is 1. The lowest BCUT2D eigenvalue weighted by Crippen LogP contribution is -2.23. The number of aryl methyl sites for hydroxylation is 2. The first kappa shape index (κ1) is 40.8. The number of aromatic nitrogens is 1. The molecule has 0 saturated heterocycles. The van der Waals surface area contributed by atoms with Crippen molar-refractivity contribution in [2.75, 3.05) is 36.1 Å². The maximum atomic E-state index is 14.1. The van der Waals surface area contributed by atoms with Crippen molar-refractivity contribution in [2.24, 2.45) is 5.73 Å². The van der Waals surface area contributed by atoms with Crippen LogP contribution in [0.5, 0.6) is 11.5 Å². The Morgan fingerprint density at radius 2 is 1.71 bits per heavy atom. The summed E-state index contributed by atoms with van der Waals surface area (Å²) in [5.74, 6) is -0.770. The summed E-state index contributed by atoms with van der Waals surface area (Å²) in [6.45, 7) is 2.62. The van der Waals surface area contributed by atoms with Gasteiger partial charge in [-0.05, 0) is 110 Å². The van der Waals surface area contributed by atoms with Crippen molar-refractivity contribution in [1.82, 2.24) is 10.3 Å². The third-order valence-corrected chi connectivity index (χ3v) is 11.2. The van der Waals surface area contributed by atoms with Crippen LogP contribution in [0.25, 0.3) is 10.9 Å². The van der Waals surface area contributed by atoms with E-state index in [1.165, 1.54) is 61.8 Å². The number of pyridine rings is 1. The third kappa shape index (κ3) is 9.41. The summed E-state index contributed by atoms with van der Waals surface area (Å²) in [4.78, 5) is 40.8. The molecule has 0 aliphatic carbocycles. The van der Waals surface area contributed by atoms with Gasteiger partial charge in [-0.1, -0.05) is 30.3 Å². The molecule has 298 valence electrons. The Kier molecular flexibility index (Phi) is 12.7. The number of sulfone groups is 1. The lowest BCUT2D eigenvalue weighted by Gasteiger charge is -2.16. The van der Waals surface area contributed by atoms with Crippen LogP contribution in [0, 0.1) is 6.92 Å². The molecule has 0 fully saturated rings. The highest BCUT2D eigenvalue weighted by molar-refractivity contribution is 7.91. The second kappa shape index (κ2) is 18.0. The fourth-order valence-electron chi connectivity index (χ4n) is 6.38. The molecule has 15 heteroatoms. The van der Waals surface area contributed by atoms with E-state index in [-0.39, 0.29) is 44.6 Å². The zero-order chi connectivity index (χ0) is 41.4. The number of aromatic hydroxyl groups is 1. The number of rotatable bonds is 17. The number of benzene rings is 5. The Bertz CT molecular complexity index is 2600. The van der Waals surface area contributed by atoms with Crippen LogP contribution in [0.3, 0.4) is 0 Å². The maximum Gasteiger partial charge on any atom is 0.255 e. The molecule has 1 atom stereocenters. The highest BCUT2D eigenvalue weighted by atomic mass is 32.2. The van der Waals surface area contributed by atoms with Crippen LogP contribution < -0.4 is 31.7 Å². The number of phenols is 1. The SMILES string of the molecule is COc1cccc(Nc2c(C(N)=O)cnc3c(C)cc(S(=O)(=O)c4cccc(C(=O)Nc5ccc(CCCNC[C@H](O)c6ccc(O)c(NC=O)c6)cc5)c4)cc23)c1. The van der Waals surface area contributed by atoms with Gasteiger partial charge in [-0.3, -0.25) is 19.4 Å². The molecule has 0 bridgehead atoms. The molecule has 0 aliphatic rings. The topological polar surface area (TPSA) is 222 Å². The van der Waals surface area contributed by atoms with Crippen LogP contribution >= 0.6 is 0 Å². The molecule has 14 nitrogen and oxygen atoms in total. The quantitative estimate of drug-likeness (QED) is 0.0322. The van der Waals surface area contributed by atoms with Crippen molar-refractivity contribution in [3.05, 3.63) is 137 Å². The number of primary amides is 1. The minimum atomic E-state index is -4.17. The van der Waals surface area contributed by atoms with Crippen LogP contribution in [0.4, 0.5) is 22.7 Å². The third-order valence-electron chi connectivity index (χ3n) is 9.45. The summed E-state index contributed by atoms with van der Waals surface area (Å²) in [7, 11) is -2.64. The molecule has 3 amide bonds. The zero-order valence-corrected chi connectivity index (χ0v) is 32.5. The standard InChI is InChI=1S/C43H42N6O8S/c1-26-18-34(22-35-40(26)46-23-36(42(44)53)41(35)48-31-8-4-9-32(21-31)57-2)58(55,56)33-10-3-7-29(19-33)43(54)49-30-14-11-27(12-15-30)6-5-17-45-24-39(52)28-13-16-38(51)37(20-28)47-25-50/h3-4,7-16,18-23,25,39,45,51-52H,5-6,17,24H2,1-2H3,(H2,44,53)(H,46,48)(H,47,50)(H,49,54)/t39-/m0/s1. The van der Waals surface area contributed by atoms with E-state index in [9.17, 15) is 33.0 Å². The molecular weight excluding hydrogens is 761 g/mol. The Labute approximate surface area is 335 Å². The zero-order valence-electron chi connectivity index (χ0n) is 31.7. The first-order chi connectivity index (χ1) is 27.9. The van der Waals surface area contributed by atoms with Crippen molar-refractivity contribution in [3.8, 4) is 11.5 Å². The second-order valence-electron chi connectivity index (χ2n) is 13.4. The second-order valence-corrected chi connectivity index (χ2v) is 15.4. The fourth-order valence-corrected chi connectivity index (χ4v) is 7.80. The van der Waals surface area contributed by atoms with E-state index in [1.807, 2.05) is 12.1 Å². The van der Waals surface area contributed by atoms with Crippen molar-refractivity contribution in [1.29, 1.82) is 0 Å². The van der Waals surface area contributed by atoms with Crippen molar-refractivity contribution in [3.63, 3.8) is 0 Å². The highest BCUT2D eigenvalue weighted by Crippen LogP contribution is 2.35. The van der Waals surface area contributed by atoms with Crippen LogP contribution in [-0.2, 0) is 21.1 Å². The summed E-state index contributed by atoms with van der Waals surface area (Å²) in [5.41, 5.74) is 10.1. The summed E-state index contributed by atoms with van der Waals surface area (Å²) < 4.78 is 33.6. The highest BCUT2D eigenvalue weighted by Gasteiger charge is 2.23. The van der Waals surface area contributed by atoms with Gasteiger partial charge in [0, 0.05) is 41.1 Å². The average Bonchev–Trinajstić information content (AvgIpc) is 3.22. The number of nitrogens with two attached hydrogens (primary N) is 1. The van der Waals surface area contributed by atoms with Crippen molar-refractivity contribution in [2.45, 2.75) is 35.7 Å². The maximum absolute atomic E-state index is 14.1. The van der Waals surface area contributed by atoms with Crippen LogP contribution in [0.2, 0.25) is 0 Å². The Balaban J connectivity index is 1.11. The molecular formula is C43H42N6O8S. The molecule has 6 rings (SSSR count). The van der Waals surface area contributed by atoms with Crippen LogP contribution in [-0.4, -0.2) is 62.0 Å². The number of ether oxygens (including phenoxy) is 1. The molecule has 6 aromatic rings. The van der Waals surface area contributed by atoms with Gasteiger partial charge in [0.2, 0.25) is 16.2 Å². The lowest BCUT2D eigenvalue weighted by molar-refractivity contribution is -0.105. The number of phenolic OH excluding ortho intramolecular Hbond substituents is 1. The monoisotopic (exact) mass is 802 g/mol. The van der Waals surface area contributed by atoms with Gasteiger partial charge in [0.1, 0.15) is 11.5 Å². The fraction of sp³-hybridized carbons (Fsp3) is 0.163. The Morgan fingerprint density at radius 3 is 2.45 bits per heavy atom. The molecule has 8 N–H and O–H groups in total. The number of nitrogens with one attached hydrogen (secondary N) is 4. The number of carbonyl (C=O) groups excluding carboxylic acids is 3. The smallest absolute Gasteiger partial charge is 0.255 e. The predicted molar refractivity (Wildman–Crippen MR) is 222 cm³/mol. The Morgan fingerprint density at radius 1 is 0.931 bits per heavy atom. The number of hydrogen-bond donors (Lipinski definition) is 7. The molecule has 0 spiro atoms. The van der Waals surface area contributed by atoms with E-state index in [0.29, 0.717) is 52.1 Å². The largest absolute Gasteiger partial charge is 0.506 e. The van der Waals surface area contributed by atoms with E-state index in [1.54, 1.807) is 49.4 Å². The molecule has 0 radical (unpaired) electrons. The van der Waals surface area contributed by atoms with E-state index >= 15 is 0 Å². The number of anilines is 4. The summed E-state index contributed by atoms with van der Waals surface area (Å²) in [5, 5.41) is 32.3. The molecule has 1 heterocycles. The van der Waals surface area contributed by atoms with Crippen LogP contribution in [0.15, 0.2) is 119 Å². The van der Waals surface area contributed by atoms with Gasteiger partial charge < -0.3 is 42.0 Å². The van der Waals surface area contributed by atoms with Gasteiger partial charge in [-0.15, -0.1) is 0 Å². The molecule has 0 aliphatic heterocycles. The molecule has 0 saturated carbocycles. The predicted octanol–water partition coefficient (Wildman–Crippen LogP) is 6.01. The lowest BCUT2D eigenvalue weighted by atomic mass is 10.1. The molecule has 5 aromatic carbocycles. The van der Waals surface area contributed by atoms with Gasteiger partial charge in [0.05, 0.1) is 45.5 Å². The summed E-state index contributed by atoms with van der Waals surface area (Å²) >= 11 is 0. The van der Waals surface area contributed by atoms with E-state index in [2.05, 4.69) is 26.3 Å². The number of amides is 3. The van der Waals surface area contributed by atoms with E-state index in [4.69, 9.17) is 10.5 Å². The first-order valence-electron chi connectivity index (χ1n) is 18.2.